The van der Waals surface area contributed by atoms with Crippen molar-refractivity contribution in [2.45, 2.75) is 23.5 Å². The number of hydrogen-bond donors (Lipinski definition) is 1. The summed E-state index contributed by atoms with van der Waals surface area (Å²) < 4.78 is 36.9. The number of benzene rings is 1. The van der Waals surface area contributed by atoms with Gasteiger partial charge < -0.3 is 5.11 Å². The summed E-state index contributed by atoms with van der Waals surface area (Å²) in [5, 5.41) is 9.18. The first-order valence-electron chi connectivity index (χ1n) is 7.03. The maximum atomic E-state index is 12.3. The molecule has 0 saturated carbocycles. The first-order chi connectivity index (χ1) is 11.0. The molecule has 0 spiro atoms. The average Bonchev–Trinajstić information content (AvgIpc) is 2.49. The molecule has 23 heavy (non-hydrogen) atoms. The molecule has 124 valence electrons. The van der Waals surface area contributed by atoms with Crippen LogP contribution in [0.4, 0.5) is 13.2 Å². The molecular weight excluding hydrogens is 325 g/mol. The summed E-state index contributed by atoms with van der Waals surface area (Å²) in [6.45, 7) is 1.66. The Balaban J connectivity index is 1.99. The number of alkyl halides is 3. The van der Waals surface area contributed by atoms with Crippen LogP contribution in [0.1, 0.15) is 11.1 Å². The van der Waals surface area contributed by atoms with Gasteiger partial charge in [-0.25, -0.2) is 0 Å². The molecule has 0 bridgehead atoms. The van der Waals surface area contributed by atoms with Crippen molar-refractivity contribution in [1.29, 1.82) is 0 Å². The zero-order chi connectivity index (χ0) is 16.7. The van der Waals surface area contributed by atoms with Crippen molar-refractivity contribution in [2.24, 2.45) is 0 Å². The van der Waals surface area contributed by atoms with Gasteiger partial charge in [-0.05, 0) is 41.1 Å². The Hall–Kier alpha value is -1.57. The van der Waals surface area contributed by atoms with Gasteiger partial charge in [0.2, 0.25) is 0 Å². The summed E-state index contributed by atoms with van der Waals surface area (Å²) in [5.74, 6) is 0. The van der Waals surface area contributed by atoms with Gasteiger partial charge in [0.05, 0.1) is 6.61 Å². The molecule has 1 aromatic carbocycles. The van der Waals surface area contributed by atoms with Crippen molar-refractivity contribution in [3.63, 3.8) is 0 Å². The maximum absolute atomic E-state index is 12.3. The zero-order valence-electron chi connectivity index (χ0n) is 12.3. The predicted octanol–water partition coefficient (Wildman–Crippen LogP) is 3.69. The Morgan fingerprint density at radius 2 is 1.74 bits per heavy atom. The van der Waals surface area contributed by atoms with Gasteiger partial charge in [-0.2, -0.15) is 13.2 Å². The Bertz CT molecular complexity index is 591. The van der Waals surface area contributed by atoms with Gasteiger partial charge in [-0.1, -0.05) is 18.2 Å². The van der Waals surface area contributed by atoms with E-state index in [2.05, 4.69) is 4.98 Å². The van der Waals surface area contributed by atoms with E-state index in [9.17, 15) is 18.3 Å². The fourth-order valence-electron chi connectivity index (χ4n) is 2.16. The van der Waals surface area contributed by atoms with E-state index in [1.165, 1.54) is 12.1 Å². The molecule has 1 heterocycles. The van der Waals surface area contributed by atoms with Crippen LogP contribution in [0.25, 0.3) is 0 Å². The molecule has 3 nitrogen and oxygen atoms in total. The van der Waals surface area contributed by atoms with E-state index >= 15 is 0 Å². The van der Waals surface area contributed by atoms with E-state index < -0.39 is 5.51 Å². The third-order valence-electron chi connectivity index (χ3n) is 3.11. The highest BCUT2D eigenvalue weighted by molar-refractivity contribution is 8.00. The van der Waals surface area contributed by atoms with Crippen molar-refractivity contribution >= 4 is 11.8 Å². The van der Waals surface area contributed by atoms with Crippen LogP contribution in [0.3, 0.4) is 0 Å². The Morgan fingerprint density at radius 3 is 2.30 bits per heavy atom. The molecule has 2 rings (SSSR count). The fraction of sp³-hybridized carbons (Fsp3) is 0.312. The minimum atomic E-state index is -4.27. The third kappa shape index (κ3) is 6.60. The van der Waals surface area contributed by atoms with Gasteiger partial charge in [0, 0.05) is 36.9 Å². The number of aliphatic hydroxyl groups is 1. The summed E-state index contributed by atoms with van der Waals surface area (Å²) in [7, 11) is 0. The van der Waals surface area contributed by atoms with Crippen LogP contribution in [0, 0.1) is 0 Å². The standard InChI is InChI=1S/C16H17F3N2OS/c17-16(18,19)23-15-5-3-13(4-6-15)11-21(8-9-22)12-14-2-1-7-20-10-14/h1-7,10,22H,8-9,11-12H2. The van der Waals surface area contributed by atoms with Crippen molar-refractivity contribution in [3.8, 4) is 0 Å². The summed E-state index contributed by atoms with van der Waals surface area (Å²) >= 11 is -0.121. The second-order valence-corrected chi connectivity index (χ2v) is 6.13. The fourth-order valence-corrected chi connectivity index (χ4v) is 2.70. The number of pyridine rings is 1. The lowest BCUT2D eigenvalue weighted by Gasteiger charge is -2.21. The van der Waals surface area contributed by atoms with Crippen LogP contribution in [0.2, 0.25) is 0 Å². The third-order valence-corrected chi connectivity index (χ3v) is 3.85. The molecule has 1 aromatic heterocycles. The highest BCUT2D eigenvalue weighted by Gasteiger charge is 2.29. The monoisotopic (exact) mass is 342 g/mol. The molecule has 0 aliphatic carbocycles. The topological polar surface area (TPSA) is 36.4 Å². The van der Waals surface area contributed by atoms with E-state index in [1.54, 1.807) is 24.5 Å². The number of aliphatic hydroxyl groups excluding tert-OH is 1. The van der Waals surface area contributed by atoms with Gasteiger partial charge in [0.15, 0.2) is 0 Å². The number of halogens is 3. The van der Waals surface area contributed by atoms with E-state index in [0.29, 0.717) is 19.6 Å². The molecule has 0 saturated heterocycles. The minimum Gasteiger partial charge on any atom is -0.395 e. The van der Waals surface area contributed by atoms with Crippen LogP contribution >= 0.6 is 11.8 Å². The first-order valence-corrected chi connectivity index (χ1v) is 7.85. The Labute approximate surface area is 137 Å². The van der Waals surface area contributed by atoms with Gasteiger partial charge in [0.1, 0.15) is 0 Å². The summed E-state index contributed by atoms with van der Waals surface area (Å²) in [6.07, 6.45) is 3.45. The van der Waals surface area contributed by atoms with Crippen molar-refractivity contribution < 1.29 is 18.3 Å². The molecule has 7 heteroatoms. The Morgan fingerprint density at radius 1 is 1.04 bits per heavy atom. The van der Waals surface area contributed by atoms with Crippen LogP contribution in [0.5, 0.6) is 0 Å². The lowest BCUT2D eigenvalue weighted by molar-refractivity contribution is -0.0328. The van der Waals surface area contributed by atoms with E-state index in [4.69, 9.17) is 0 Å². The number of hydrogen-bond acceptors (Lipinski definition) is 4. The maximum Gasteiger partial charge on any atom is 0.446 e. The van der Waals surface area contributed by atoms with E-state index in [-0.39, 0.29) is 23.3 Å². The number of nitrogens with zero attached hydrogens (tertiary/aromatic N) is 2. The lowest BCUT2D eigenvalue weighted by Crippen LogP contribution is -2.26. The van der Waals surface area contributed by atoms with Gasteiger partial charge >= 0.3 is 5.51 Å². The smallest absolute Gasteiger partial charge is 0.395 e. The quantitative estimate of drug-likeness (QED) is 0.779. The van der Waals surface area contributed by atoms with E-state index in [0.717, 1.165) is 11.1 Å². The van der Waals surface area contributed by atoms with Crippen LogP contribution < -0.4 is 0 Å². The molecule has 0 aliphatic heterocycles. The van der Waals surface area contributed by atoms with Gasteiger partial charge in [0.25, 0.3) is 0 Å². The average molecular weight is 342 g/mol. The Kier molecular flexibility index (Phi) is 6.44. The number of rotatable bonds is 7. The molecule has 0 aliphatic rings. The number of thioether (sulfide) groups is 1. The van der Waals surface area contributed by atoms with Gasteiger partial charge in [-0.15, -0.1) is 0 Å². The first kappa shape index (κ1) is 17.8. The molecular formula is C16H17F3N2OS. The molecule has 0 radical (unpaired) electrons. The van der Waals surface area contributed by atoms with Crippen LogP contribution in [0.15, 0.2) is 53.7 Å². The van der Waals surface area contributed by atoms with Crippen LogP contribution in [-0.2, 0) is 13.1 Å². The second kappa shape index (κ2) is 8.33. The molecule has 2 aromatic rings. The highest BCUT2D eigenvalue weighted by Crippen LogP contribution is 2.36. The van der Waals surface area contributed by atoms with Gasteiger partial charge in [-0.3, -0.25) is 9.88 Å². The molecule has 1 N–H and O–H groups in total. The SMILES string of the molecule is OCCN(Cc1ccc(SC(F)(F)F)cc1)Cc1cccnc1. The predicted molar refractivity (Wildman–Crippen MR) is 83.8 cm³/mol. The number of aromatic nitrogens is 1. The van der Waals surface area contributed by atoms with Crippen LogP contribution in [-0.4, -0.2) is 33.7 Å². The molecule has 0 unspecified atom stereocenters. The highest BCUT2D eigenvalue weighted by atomic mass is 32.2. The van der Waals surface area contributed by atoms with Crippen molar-refractivity contribution in [2.75, 3.05) is 13.2 Å². The minimum absolute atomic E-state index is 0.0161. The molecule has 0 atom stereocenters. The zero-order valence-corrected chi connectivity index (χ0v) is 13.1. The van der Waals surface area contributed by atoms with E-state index in [1.807, 2.05) is 17.0 Å². The normalized spacial score (nSPS) is 11.9. The van der Waals surface area contributed by atoms with Crippen molar-refractivity contribution in [1.82, 2.24) is 9.88 Å². The second-order valence-electron chi connectivity index (χ2n) is 4.99. The largest absolute Gasteiger partial charge is 0.446 e. The molecule has 0 fully saturated rings. The lowest BCUT2D eigenvalue weighted by atomic mass is 10.2. The summed E-state index contributed by atoms with van der Waals surface area (Å²) in [5.41, 5.74) is -2.36. The molecule has 0 amide bonds. The summed E-state index contributed by atoms with van der Waals surface area (Å²) in [4.78, 5) is 6.24. The van der Waals surface area contributed by atoms with Crippen molar-refractivity contribution in [3.05, 3.63) is 59.9 Å². The summed E-state index contributed by atoms with van der Waals surface area (Å²) in [6, 6.07) is 10.1.